The minimum absolute atomic E-state index is 0.0912. The highest BCUT2D eigenvalue weighted by Crippen LogP contribution is 2.28. The van der Waals surface area contributed by atoms with E-state index in [0.717, 1.165) is 9.35 Å². The second kappa shape index (κ2) is 6.34. The average Bonchev–Trinajstić information content (AvgIpc) is 2.81. The molecule has 2 rings (SSSR count). The number of carbonyl (C=O) groups is 1. The zero-order chi connectivity index (χ0) is 14.7. The fourth-order valence-electron chi connectivity index (χ4n) is 1.54. The summed E-state index contributed by atoms with van der Waals surface area (Å²) in [6.07, 6.45) is 0. The molecule has 0 saturated carbocycles. The zero-order valence-corrected chi connectivity index (χ0v) is 13.1. The van der Waals surface area contributed by atoms with Gasteiger partial charge in [-0.1, -0.05) is 17.7 Å². The molecule has 1 N–H and O–H groups in total. The molecule has 0 spiro atoms. The monoisotopic (exact) mass is 374 g/mol. The van der Waals surface area contributed by atoms with Crippen LogP contribution < -0.4 is 5.32 Å². The van der Waals surface area contributed by atoms with Crippen LogP contribution in [0.2, 0.25) is 5.02 Å². The van der Waals surface area contributed by atoms with Crippen molar-refractivity contribution in [2.24, 2.45) is 0 Å². The van der Waals surface area contributed by atoms with Crippen LogP contribution in [-0.2, 0) is 6.54 Å². The Labute approximate surface area is 131 Å². The molecule has 1 aromatic carbocycles. The van der Waals surface area contributed by atoms with E-state index in [4.69, 9.17) is 11.6 Å². The Balaban J connectivity index is 2.16. The molecule has 0 unspecified atom stereocenters. The van der Waals surface area contributed by atoms with Gasteiger partial charge in [0.25, 0.3) is 11.6 Å². The molecule has 104 valence electrons. The lowest BCUT2D eigenvalue weighted by Gasteiger charge is -2.06. The third-order valence-corrected chi connectivity index (χ3v) is 4.84. The molecule has 8 heteroatoms. The standard InChI is InChI=1S/C12H8BrClN2O3S/c13-8-4-5-20-10(8)6-15-12(17)7-2-1-3-9(11(7)14)16(18)19/h1-5H,6H2,(H,15,17). The second-order valence-electron chi connectivity index (χ2n) is 3.77. The first kappa shape index (κ1) is 15.0. The van der Waals surface area contributed by atoms with E-state index in [1.54, 1.807) is 0 Å². The molecule has 1 aromatic heterocycles. The van der Waals surface area contributed by atoms with E-state index >= 15 is 0 Å². The Hall–Kier alpha value is -1.44. The van der Waals surface area contributed by atoms with Crippen molar-refractivity contribution in [1.29, 1.82) is 0 Å². The average molecular weight is 376 g/mol. The van der Waals surface area contributed by atoms with E-state index in [9.17, 15) is 14.9 Å². The van der Waals surface area contributed by atoms with Crippen molar-refractivity contribution >= 4 is 50.5 Å². The number of nitro groups is 1. The topological polar surface area (TPSA) is 72.2 Å². The van der Waals surface area contributed by atoms with E-state index in [1.807, 2.05) is 11.4 Å². The van der Waals surface area contributed by atoms with Gasteiger partial charge in [-0.2, -0.15) is 0 Å². The van der Waals surface area contributed by atoms with E-state index in [0.29, 0.717) is 6.54 Å². The molecule has 1 heterocycles. The van der Waals surface area contributed by atoms with Gasteiger partial charge < -0.3 is 5.32 Å². The lowest BCUT2D eigenvalue weighted by Crippen LogP contribution is -2.23. The number of benzene rings is 1. The maximum Gasteiger partial charge on any atom is 0.288 e. The predicted octanol–water partition coefficient (Wildman–Crippen LogP) is 4.00. The Kier molecular flexibility index (Phi) is 4.74. The summed E-state index contributed by atoms with van der Waals surface area (Å²) >= 11 is 10.7. The van der Waals surface area contributed by atoms with Crippen LogP contribution in [0, 0.1) is 10.1 Å². The predicted molar refractivity (Wildman–Crippen MR) is 81.3 cm³/mol. The van der Waals surface area contributed by atoms with Crippen LogP contribution in [0.15, 0.2) is 34.1 Å². The second-order valence-corrected chi connectivity index (χ2v) is 6.00. The molecule has 0 atom stereocenters. The number of nitrogens with one attached hydrogen (secondary N) is 1. The van der Waals surface area contributed by atoms with Gasteiger partial charge in [-0.25, -0.2) is 0 Å². The summed E-state index contributed by atoms with van der Waals surface area (Å²) < 4.78 is 0.910. The summed E-state index contributed by atoms with van der Waals surface area (Å²) in [5.74, 6) is -0.445. The number of halogens is 2. The third-order valence-electron chi connectivity index (χ3n) is 2.52. The van der Waals surface area contributed by atoms with Crippen LogP contribution in [0.4, 0.5) is 5.69 Å². The molecule has 0 bridgehead atoms. The first-order valence-corrected chi connectivity index (χ1v) is 7.48. The molecule has 0 saturated heterocycles. The van der Waals surface area contributed by atoms with Crippen molar-refractivity contribution in [2.75, 3.05) is 0 Å². The van der Waals surface area contributed by atoms with Gasteiger partial charge in [0.1, 0.15) is 5.02 Å². The summed E-state index contributed by atoms with van der Waals surface area (Å²) in [6.45, 7) is 0.329. The number of hydrogen-bond acceptors (Lipinski definition) is 4. The molecule has 1 amide bonds. The number of rotatable bonds is 4. The van der Waals surface area contributed by atoms with Crippen molar-refractivity contribution in [1.82, 2.24) is 5.32 Å². The summed E-state index contributed by atoms with van der Waals surface area (Å²) in [5.41, 5.74) is -0.190. The molecule has 0 aliphatic heterocycles. The maximum atomic E-state index is 12.0. The Morgan fingerprint density at radius 2 is 2.20 bits per heavy atom. The van der Waals surface area contributed by atoms with Crippen molar-refractivity contribution in [3.8, 4) is 0 Å². The SMILES string of the molecule is O=C(NCc1sccc1Br)c1cccc([N+](=O)[O-])c1Cl. The van der Waals surface area contributed by atoms with Crippen molar-refractivity contribution in [3.63, 3.8) is 0 Å². The number of nitro benzene ring substituents is 1. The summed E-state index contributed by atoms with van der Waals surface area (Å²) in [7, 11) is 0. The zero-order valence-electron chi connectivity index (χ0n) is 9.93. The number of carbonyl (C=O) groups excluding carboxylic acids is 1. The smallest absolute Gasteiger partial charge is 0.288 e. The van der Waals surface area contributed by atoms with E-state index in [-0.39, 0.29) is 16.3 Å². The minimum Gasteiger partial charge on any atom is -0.347 e. The van der Waals surface area contributed by atoms with Gasteiger partial charge >= 0.3 is 0 Å². The van der Waals surface area contributed by atoms with Crippen LogP contribution in [0.5, 0.6) is 0 Å². The van der Waals surface area contributed by atoms with Gasteiger partial charge in [0.15, 0.2) is 0 Å². The number of amides is 1. The summed E-state index contributed by atoms with van der Waals surface area (Å²) in [4.78, 5) is 23.1. The van der Waals surface area contributed by atoms with Crippen LogP contribution in [0.1, 0.15) is 15.2 Å². The first-order chi connectivity index (χ1) is 9.50. The largest absolute Gasteiger partial charge is 0.347 e. The van der Waals surface area contributed by atoms with Crippen LogP contribution in [0.3, 0.4) is 0 Å². The molecule has 0 aliphatic rings. The highest BCUT2D eigenvalue weighted by Gasteiger charge is 2.19. The molecule has 0 fully saturated rings. The van der Waals surface area contributed by atoms with Crippen LogP contribution in [-0.4, -0.2) is 10.8 Å². The number of thiophene rings is 1. The molecular formula is C12H8BrClN2O3S. The van der Waals surface area contributed by atoms with Gasteiger partial charge in [0.2, 0.25) is 0 Å². The Bertz CT molecular complexity index is 674. The number of nitrogens with zero attached hydrogens (tertiary/aromatic N) is 1. The summed E-state index contributed by atoms with van der Waals surface area (Å²) in [5, 5.41) is 15.2. The summed E-state index contributed by atoms with van der Waals surface area (Å²) in [6, 6.07) is 6.02. The molecule has 0 radical (unpaired) electrons. The van der Waals surface area contributed by atoms with E-state index in [1.165, 1.54) is 29.5 Å². The Morgan fingerprint density at radius 1 is 1.45 bits per heavy atom. The Morgan fingerprint density at radius 3 is 2.80 bits per heavy atom. The minimum atomic E-state index is -0.616. The molecule has 0 aliphatic carbocycles. The normalized spacial score (nSPS) is 10.3. The van der Waals surface area contributed by atoms with Crippen molar-refractivity contribution < 1.29 is 9.72 Å². The van der Waals surface area contributed by atoms with E-state index < -0.39 is 10.8 Å². The van der Waals surface area contributed by atoms with Crippen LogP contribution >= 0.6 is 38.9 Å². The first-order valence-electron chi connectivity index (χ1n) is 5.43. The van der Waals surface area contributed by atoms with Gasteiger partial charge in [0.05, 0.1) is 17.0 Å². The van der Waals surface area contributed by atoms with Gasteiger partial charge in [0, 0.05) is 15.4 Å². The molecule has 5 nitrogen and oxygen atoms in total. The highest BCUT2D eigenvalue weighted by molar-refractivity contribution is 9.10. The third kappa shape index (κ3) is 3.17. The van der Waals surface area contributed by atoms with Gasteiger partial charge in [-0.3, -0.25) is 14.9 Å². The molecule has 2 aromatic rings. The lowest BCUT2D eigenvalue weighted by atomic mass is 10.2. The molecular weight excluding hydrogens is 368 g/mol. The van der Waals surface area contributed by atoms with Crippen molar-refractivity contribution in [2.45, 2.75) is 6.54 Å². The lowest BCUT2D eigenvalue weighted by molar-refractivity contribution is -0.384. The fourth-order valence-corrected chi connectivity index (χ4v) is 3.26. The quantitative estimate of drug-likeness (QED) is 0.648. The van der Waals surface area contributed by atoms with Gasteiger partial charge in [-0.15, -0.1) is 11.3 Å². The van der Waals surface area contributed by atoms with E-state index in [2.05, 4.69) is 21.2 Å². The molecule has 20 heavy (non-hydrogen) atoms. The van der Waals surface area contributed by atoms with Crippen LogP contribution in [0.25, 0.3) is 0 Å². The van der Waals surface area contributed by atoms with Crippen molar-refractivity contribution in [3.05, 3.63) is 59.7 Å². The highest BCUT2D eigenvalue weighted by atomic mass is 79.9. The maximum absolute atomic E-state index is 12.0. The number of hydrogen-bond donors (Lipinski definition) is 1. The fraction of sp³-hybridized carbons (Fsp3) is 0.0833. The van der Waals surface area contributed by atoms with Gasteiger partial charge in [-0.05, 0) is 33.4 Å².